The Labute approximate surface area is 200 Å². The second-order valence-electron chi connectivity index (χ2n) is 6.61. The number of nitrogens with zero attached hydrogens (tertiary/aromatic N) is 4. The molecule has 8 nitrogen and oxygen atoms in total. The van der Waals surface area contributed by atoms with E-state index < -0.39 is 0 Å². The van der Waals surface area contributed by atoms with Crippen LogP contribution in [0.15, 0.2) is 65.9 Å². The Morgan fingerprint density at radius 2 is 1.77 bits per heavy atom. The molecule has 0 radical (unpaired) electrons. The maximum Gasteiger partial charge on any atom is 0.191 e. The average molecular weight is 536 g/mol. The fraction of sp³-hybridized carbons (Fsp3) is 0.318. The Balaban J connectivity index is 0.00000341. The molecule has 0 bridgehead atoms. The van der Waals surface area contributed by atoms with E-state index in [0.717, 1.165) is 18.1 Å². The number of rotatable bonds is 9. The minimum atomic E-state index is -0.0851. The molecule has 0 saturated carbocycles. The van der Waals surface area contributed by atoms with Crippen molar-refractivity contribution in [1.82, 2.24) is 25.4 Å². The molecule has 2 N–H and O–H groups in total. The van der Waals surface area contributed by atoms with Crippen LogP contribution in [0.5, 0.6) is 11.5 Å². The zero-order valence-electron chi connectivity index (χ0n) is 18.0. The molecule has 1 heterocycles. The number of nitrogens with one attached hydrogen (secondary N) is 2. The molecule has 3 rings (SSSR count). The Hall–Kier alpha value is -2.82. The van der Waals surface area contributed by atoms with E-state index in [-0.39, 0.29) is 30.1 Å². The summed E-state index contributed by atoms with van der Waals surface area (Å²) in [5, 5.41) is 14.8. The number of para-hydroxylation sites is 3. The highest BCUT2D eigenvalue weighted by Crippen LogP contribution is 2.26. The van der Waals surface area contributed by atoms with Gasteiger partial charge in [-0.05, 0) is 38.1 Å². The minimum absolute atomic E-state index is 0. The number of aromatic nitrogens is 3. The van der Waals surface area contributed by atoms with Crippen LogP contribution in [0.4, 0.5) is 0 Å². The van der Waals surface area contributed by atoms with Crippen LogP contribution in [-0.4, -0.2) is 47.0 Å². The predicted octanol–water partition coefficient (Wildman–Crippen LogP) is 3.42. The zero-order chi connectivity index (χ0) is 21.2. The smallest absolute Gasteiger partial charge is 0.191 e. The maximum absolute atomic E-state index is 6.00. The molecule has 1 aromatic heterocycles. The largest absolute Gasteiger partial charge is 0.493 e. The van der Waals surface area contributed by atoms with E-state index in [4.69, 9.17) is 9.47 Å². The van der Waals surface area contributed by atoms with Crippen LogP contribution in [0.3, 0.4) is 0 Å². The molecule has 0 aliphatic heterocycles. The molecule has 0 amide bonds. The van der Waals surface area contributed by atoms with Crippen molar-refractivity contribution in [2.24, 2.45) is 4.99 Å². The quantitative estimate of drug-likeness (QED) is 0.248. The number of hydrogen-bond acceptors (Lipinski definition) is 5. The highest BCUT2D eigenvalue weighted by atomic mass is 127. The van der Waals surface area contributed by atoms with E-state index in [1.54, 1.807) is 13.4 Å². The summed E-state index contributed by atoms with van der Waals surface area (Å²) in [6, 6.07) is 17.6. The molecule has 0 saturated heterocycles. The van der Waals surface area contributed by atoms with Gasteiger partial charge in [-0.3, -0.25) is 4.57 Å². The summed E-state index contributed by atoms with van der Waals surface area (Å²) in [5.41, 5.74) is 1.00. The highest BCUT2D eigenvalue weighted by molar-refractivity contribution is 14.0. The third-order valence-electron chi connectivity index (χ3n) is 4.33. The molecular formula is C22H29IN6O2. The van der Waals surface area contributed by atoms with Crippen LogP contribution in [0.25, 0.3) is 5.69 Å². The van der Waals surface area contributed by atoms with Gasteiger partial charge >= 0.3 is 0 Å². The molecule has 31 heavy (non-hydrogen) atoms. The van der Waals surface area contributed by atoms with E-state index in [1.807, 2.05) is 73.0 Å². The Kier molecular flexibility index (Phi) is 10.1. The van der Waals surface area contributed by atoms with Crippen LogP contribution >= 0.6 is 24.0 Å². The topological polar surface area (TPSA) is 85.6 Å². The molecule has 0 spiro atoms. The summed E-state index contributed by atoms with van der Waals surface area (Å²) in [6.07, 6.45) is 1.61. The van der Waals surface area contributed by atoms with E-state index in [0.29, 0.717) is 30.5 Å². The van der Waals surface area contributed by atoms with Crippen LogP contribution < -0.4 is 20.1 Å². The van der Waals surface area contributed by atoms with Gasteiger partial charge in [-0.1, -0.05) is 30.3 Å². The number of hydrogen-bond donors (Lipinski definition) is 2. The number of ether oxygens (including phenoxy) is 2. The van der Waals surface area contributed by atoms with E-state index >= 15 is 0 Å². The van der Waals surface area contributed by atoms with Crippen molar-refractivity contribution in [3.63, 3.8) is 0 Å². The molecule has 166 valence electrons. The average Bonchev–Trinajstić information content (AvgIpc) is 3.25. The zero-order valence-corrected chi connectivity index (χ0v) is 20.3. The van der Waals surface area contributed by atoms with Gasteiger partial charge in [0.25, 0.3) is 0 Å². The molecule has 3 aromatic rings. The third-order valence-corrected chi connectivity index (χ3v) is 4.33. The summed E-state index contributed by atoms with van der Waals surface area (Å²) in [4.78, 5) is 4.65. The van der Waals surface area contributed by atoms with Gasteiger partial charge in [0.15, 0.2) is 23.3 Å². The maximum atomic E-state index is 6.00. The predicted molar refractivity (Wildman–Crippen MR) is 133 cm³/mol. The first-order valence-corrected chi connectivity index (χ1v) is 9.97. The first-order valence-electron chi connectivity index (χ1n) is 9.97. The highest BCUT2D eigenvalue weighted by Gasteiger charge is 2.10. The standard InChI is InChI=1S/C22H28N6O2.HI/c1-4-23-22(24-14-17(2)30-20-13-9-8-12-19(20)29-3)25-15-21-27-26-16-28(21)18-10-6-5-7-11-18;/h5-13,16-17H,4,14-15H2,1-3H3,(H2,23,24,25);1H. The molecule has 0 aliphatic carbocycles. The third kappa shape index (κ3) is 7.12. The lowest BCUT2D eigenvalue weighted by molar-refractivity contribution is 0.213. The van der Waals surface area contributed by atoms with Crippen molar-refractivity contribution in [1.29, 1.82) is 0 Å². The Bertz CT molecular complexity index is 948. The number of guanidine groups is 1. The molecule has 9 heteroatoms. The van der Waals surface area contributed by atoms with Crippen molar-refractivity contribution >= 4 is 29.9 Å². The fourth-order valence-electron chi connectivity index (χ4n) is 2.88. The van der Waals surface area contributed by atoms with Crippen molar-refractivity contribution in [3.8, 4) is 17.2 Å². The minimum Gasteiger partial charge on any atom is -0.493 e. The molecule has 1 unspecified atom stereocenters. The van der Waals surface area contributed by atoms with Gasteiger partial charge in [0.05, 0.1) is 13.7 Å². The summed E-state index contributed by atoms with van der Waals surface area (Å²) < 4.78 is 13.3. The summed E-state index contributed by atoms with van der Waals surface area (Å²) in [5.74, 6) is 2.88. The number of benzene rings is 2. The number of aliphatic imine (C=N–C) groups is 1. The number of halogens is 1. The van der Waals surface area contributed by atoms with Gasteiger partial charge in [0, 0.05) is 12.2 Å². The molecule has 2 aromatic carbocycles. The SMILES string of the molecule is CCNC(=NCc1nncn1-c1ccccc1)NCC(C)Oc1ccccc1OC.I. The lowest BCUT2D eigenvalue weighted by Gasteiger charge is -2.19. The van der Waals surface area contributed by atoms with E-state index in [2.05, 4.69) is 25.8 Å². The lowest BCUT2D eigenvalue weighted by atomic mass is 10.3. The molecule has 1 atom stereocenters. The molecule has 0 aliphatic rings. The van der Waals surface area contributed by atoms with Crippen LogP contribution in [0, 0.1) is 0 Å². The van der Waals surface area contributed by atoms with Gasteiger partial charge in [0.1, 0.15) is 19.0 Å². The summed E-state index contributed by atoms with van der Waals surface area (Å²) in [7, 11) is 1.63. The second kappa shape index (κ2) is 12.8. The first-order chi connectivity index (χ1) is 14.7. The molecular weight excluding hydrogens is 507 g/mol. The Morgan fingerprint density at radius 3 is 2.48 bits per heavy atom. The van der Waals surface area contributed by atoms with Crippen molar-refractivity contribution in [3.05, 3.63) is 66.7 Å². The van der Waals surface area contributed by atoms with Crippen molar-refractivity contribution < 1.29 is 9.47 Å². The van der Waals surface area contributed by atoms with Gasteiger partial charge in [-0.15, -0.1) is 34.2 Å². The molecule has 0 fully saturated rings. The van der Waals surface area contributed by atoms with E-state index in [9.17, 15) is 0 Å². The van der Waals surface area contributed by atoms with Gasteiger partial charge < -0.3 is 20.1 Å². The summed E-state index contributed by atoms with van der Waals surface area (Å²) in [6.45, 7) is 5.74. The lowest BCUT2D eigenvalue weighted by Crippen LogP contribution is -2.41. The van der Waals surface area contributed by atoms with Crippen LogP contribution in [0.2, 0.25) is 0 Å². The van der Waals surface area contributed by atoms with E-state index in [1.165, 1.54) is 0 Å². The normalized spacial score (nSPS) is 11.9. The van der Waals surface area contributed by atoms with Gasteiger partial charge in [-0.2, -0.15) is 0 Å². The number of methoxy groups -OCH3 is 1. The first kappa shape index (κ1) is 24.4. The van der Waals surface area contributed by atoms with Crippen LogP contribution in [-0.2, 0) is 6.54 Å². The fourth-order valence-corrected chi connectivity index (χ4v) is 2.88. The second-order valence-corrected chi connectivity index (χ2v) is 6.61. The monoisotopic (exact) mass is 536 g/mol. The van der Waals surface area contributed by atoms with Crippen molar-refractivity contribution in [2.45, 2.75) is 26.5 Å². The Morgan fingerprint density at radius 1 is 1.06 bits per heavy atom. The van der Waals surface area contributed by atoms with Crippen molar-refractivity contribution in [2.75, 3.05) is 20.2 Å². The summed E-state index contributed by atoms with van der Waals surface area (Å²) >= 11 is 0. The van der Waals surface area contributed by atoms with Gasteiger partial charge in [-0.25, -0.2) is 4.99 Å². The van der Waals surface area contributed by atoms with Gasteiger partial charge in [0.2, 0.25) is 0 Å². The van der Waals surface area contributed by atoms with Crippen LogP contribution in [0.1, 0.15) is 19.7 Å².